The van der Waals surface area contributed by atoms with Gasteiger partial charge in [-0.1, -0.05) is 12.8 Å². The smallest absolute Gasteiger partial charge is 0.330 e. The van der Waals surface area contributed by atoms with Gasteiger partial charge in [0.2, 0.25) is 0 Å². The molecule has 1 aliphatic carbocycles. The van der Waals surface area contributed by atoms with Crippen molar-refractivity contribution in [2.24, 2.45) is 17.6 Å². The lowest BCUT2D eigenvalue weighted by molar-refractivity contribution is -0.121. The first kappa shape index (κ1) is 16.7. The molecule has 0 amide bonds. The number of alkyl halides is 3. The van der Waals surface area contributed by atoms with Gasteiger partial charge >= 0.3 is 6.18 Å². The first-order valence-corrected chi connectivity index (χ1v) is 7.73. The zero-order chi connectivity index (χ0) is 14.5. The Hall–Kier alpha value is -0.380. The lowest BCUT2D eigenvalue weighted by Crippen LogP contribution is -2.44. The molecular formula is C10H20F3N3O2S. The predicted octanol–water partition coefficient (Wildman–Crippen LogP) is 0.738. The van der Waals surface area contributed by atoms with E-state index in [1.807, 2.05) is 0 Å². The van der Waals surface area contributed by atoms with Crippen molar-refractivity contribution in [2.75, 3.05) is 19.6 Å². The summed E-state index contributed by atoms with van der Waals surface area (Å²) in [5, 5.41) is 0. The molecule has 0 radical (unpaired) electrons. The van der Waals surface area contributed by atoms with Crippen LogP contribution in [-0.2, 0) is 10.2 Å². The number of rotatable bonds is 6. The lowest BCUT2D eigenvalue weighted by Gasteiger charge is -2.30. The molecule has 0 aliphatic heterocycles. The predicted molar refractivity (Wildman–Crippen MR) is 65.5 cm³/mol. The van der Waals surface area contributed by atoms with E-state index in [4.69, 9.17) is 5.73 Å². The van der Waals surface area contributed by atoms with Gasteiger partial charge in [-0.25, -0.2) is 4.72 Å². The maximum atomic E-state index is 11.9. The average Bonchev–Trinajstić information content (AvgIpc) is 2.34. The molecule has 1 saturated carbocycles. The van der Waals surface area contributed by atoms with Crippen molar-refractivity contribution in [3.8, 4) is 0 Å². The summed E-state index contributed by atoms with van der Waals surface area (Å²) < 4.78 is 62.1. The summed E-state index contributed by atoms with van der Waals surface area (Å²) in [5.74, 6) is 0.334. The molecule has 2 atom stereocenters. The second-order valence-corrected chi connectivity index (χ2v) is 6.41. The van der Waals surface area contributed by atoms with Gasteiger partial charge in [-0.2, -0.15) is 26.3 Å². The van der Waals surface area contributed by atoms with Crippen LogP contribution in [0.4, 0.5) is 13.2 Å². The van der Waals surface area contributed by atoms with Crippen molar-refractivity contribution in [3.05, 3.63) is 0 Å². The zero-order valence-corrected chi connectivity index (χ0v) is 11.4. The van der Waals surface area contributed by atoms with Crippen LogP contribution >= 0.6 is 0 Å². The van der Waals surface area contributed by atoms with Gasteiger partial charge < -0.3 is 5.73 Å². The minimum Gasteiger partial charge on any atom is -0.330 e. The van der Waals surface area contributed by atoms with E-state index in [1.165, 1.54) is 4.72 Å². The van der Waals surface area contributed by atoms with Gasteiger partial charge in [-0.15, -0.1) is 0 Å². The molecule has 2 unspecified atom stereocenters. The van der Waals surface area contributed by atoms with E-state index < -0.39 is 22.9 Å². The molecule has 0 bridgehead atoms. The normalized spacial score (nSPS) is 25.5. The summed E-state index contributed by atoms with van der Waals surface area (Å²) >= 11 is 0. The Balaban J connectivity index is 2.41. The molecule has 0 aromatic rings. The molecule has 1 aliphatic rings. The Labute approximate surface area is 111 Å². The fourth-order valence-corrected chi connectivity index (χ4v) is 3.20. The summed E-state index contributed by atoms with van der Waals surface area (Å²) in [6.07, 6.45) is -0.696. The molecule has 0 aromatic heterocycles. The van der Waals surface area contributed by atoms with E-state index in [9.17, 15) is 21.6 Å². The third kappa shape index (κ3) is 6.55. The van der Waals surface area contributed by atoms with E-state index in [1.54, 1.807) is 0 Å². The molecule has 0 spiro atoms. The van der Waals surface area contributed by atoms with Gasteiger partial charge in [-0.3, -0.25) is 0 Å². The molecule has 1 fully saturated rings. The van der Waals surface area contributed by atoms with Crippen molar-refractivity contribution >= 4 is 10.2 Å². The Kier molecular flexibility index (Phi) is 6.03. The summed E-state index contributed by atoms with van der Waals surface area (Å²) in [7, 11) is -4.11. The van der Waals surface area contributed by atoms with Crippen LogP contribution < -0.4 is 15.2 Å². The van der Waals surface area contributed by atoms with Crippen molar-refractivity contribution in [3.63, 3.8) is 0 Å². The number of nitrogens with one attached hydrogen (secondary N) is 2. The molecule has 5 nitrogen and oxygen atoms in total. The quantitative estimate of drug-likeness (QED) is 0.676. The van der Waals surface area contributed by atoms with Crippen molar-refractivity contribution in [1.82, 2.24) is 9.44 Å². The molecule has 9 heteroatoms. The molecule has 0 aromatic carbocycles. The topological polar surface area (TPSA) is 84.2 Å². The van der Waals surface area contributed by atoms with Crippen LogP contribution in [0.25, 0.3) is 0 Å². The Morgan fingerprint density at radius 3 is 2.21 bits per heavy atom. The van der Waals surface area contributed by atoms with E-state index in [0.717, 1.165) is 25.7 Å². The Bertz CT molecular complexity index is 373. The van der Waals surface area contributed by atoms with Crippen LogP contribution in [0.5, 0.6) is 0 Å². The molecule has 114 valence electrons. The maximum absolute atomic E-state index is 11.9. The second-order valence-electron chi connectivity index (χ2n) is 4.83. The first-order valence-electron chi connectivity index (χ1n) is 6.24. The van der Waals surface area contributed by atoms with Gasteiger partial charge in [0.25, 0.3) is 10.2 Å². The summed E-state index contributed by atoms with van der Waals surface area (Å²) in [5.41, 5.74) is 5.61. The number of nitrogens with two attached hydrogens (primary N) is 1. The van der Waals surface area contributed by atoms with Crippen LogP contribution in [0.1, 0.15) is 25.7 Å². The maximum Gasteiger partial charge on any atom is 0.402 e. The molecule has 4 N–H and O–H groups in total. The SMILES string of the molecule is NCC1CCCCC1CNS(=O)(=O)NCC(F)(F)F. The highest BCUT2D eigenvalue weighted by molar-refractivity contribution is 7.87. The highest BCUT2D eigenvalue weighted by atomic mass is 32.2. The van der Waals surface area contributed by atoms with Crippen LogP contribution in [0.15, 0.2) is 0 Å². The van der Waals surface area contributed by atoms with E-state index in [0.29, 0.717) is 6.54 Å². The number of halogens is 3. The Morgan fingerprint density at radius 1 is 1.11 bits per heavy atom. The van der Waals surface area contributed by atoms with Crippen molar-refractivity contribution in [1.29, 1.82) is 0 Å². The van der Waals surface area contributed by atoms with Crippen molar-refractivity contribution < 1.29 is 21.6 Å². The summed E-state index contributed by atoms with van der Waals surface area (Å²) in [6, 6.07) is 0. The molecule has 1 rings (SSSR count). The standard InChI is InChI=1S/C10H20F3N3O2S/c11-10(12,13)7-16-19(17,18)15-6-9-4-2-1-3-8(9)5-14/h8-9,15-16H,1-7,14H2. The molecule has 0 saturated heterocycles. The van der Waals surface area contributed by atoms with Crippen LogP contribution in [0, 0.1) is 11.8 Å². The van der Waals surface area contributed by atoms with Crippen molar-refractivity contribution in [2.45, 2.75) is 31.9 Å². The largest absolute Gasteiger partial charge is 0.402 e. The fraction of sp³-hybridized carbons (Fsp3) is 1.00. The molecular weight excluding hydrogens is 283 g/mol. The van der Waals surface area contributed by atoms with Crippen LogP contribution in [-0.4, -0.2) is 34.2 Å². The number of hydrogen-bond acceptors (Lipinski definition) is 3. The Morgan fingerprint density at radius 2 is 1.68 bits per heavy atom. The van der Waals surface area contributed by atoms with E-state index in [2.05, 4.69) is 4.72 Å². The van der Waals surface area contributed by atoms with Gasteiger partial charge in [0.05, 0.1) is 0 Å². The van der Waals surface area contributed by atoms with Gasteiger partial charge in [0, 0.05) is 6.54 Å². The molecule has 19 heavy (non-hydrogen) atoms. The highest BCUT2D eigenvalue weighted by Crippen LogP contribution is 2.28. The van der Waals surface area contributed by atoms with E-state index >= 15 is 0 Å². The summed E-state index contributed by atoms with van der Waals surface area (Å²) in [6.45, 7) is -0.954. The lowest BCUT2D eigenvalue weighted by atomic mass is 9.79. The zero-order valence-electron chi connectivity index (χ0n) is 10.5. The second kappa shape index (κ2) is 6.87. The highest BCUT2D eigenvalue weighted by Gasteiger charge is 2.30. The third-order valence-electron chi connectivity index (χ3n) is 3.37. The molecule has 0 heterocycles. The fourth-order valence-electron chi connectivity index (χ4n) is 2.31. The van der Waals surface area contributed by atoms with Crippen LogP contribution in [0.2, 0.25) is 0 Å². The van der Waals surface area contributed by atoms with E-state index in [-0.39, 0.29) is 18.4 Å². The summed E-state index contributed by atoms with van der Waals surface area (Å²) in [4.78, 5) is 0. The number of hydrogen-bond donors (Lipinski definition) is 3. The van der Waals surface area contributed by atoms with Gasteiger partial charge in [0.1, 0.15) is 6.54 Å². The third-order valence-corrected chi connectivity index (χ3v) is 4.44. The van der Waals surface area contributed by atoms with Gasteiger partial charge in [0.15, 0.2) is 0 Å². The minimum atomic E-state index is -4.56. The monoisotopic (exact) mass is 303 g/mol. The first-order chi connectivity index (χ1) is 8.73. The minimum absolute atomic E-state index is 0.0983. The van der Waals surface area contributed by atoms with Gasteiger partial charge in [-0.05, 0) is 31.2 Å². The van der Waals surface area contributed by atoms with Crippen LogP contribution in [0.3, 0.4) is 0 Å². The average molecular weight is 303 g/mol.